The van der Waals surface area contributed by atoms with Crippen molar-refractivity contribution in [3.8, 4) is 0 Å². The topological polar surface area (TPSA) is 62.7 Å². The van der Waals surface area contributed by atoms with Gasteiger partial charge >= 0.3 is 5.97 Å². The number of hydrogen-bond donors (Lipinski definition) is 1. The highest BCUT2D eigenvalue weighted by Crippen LogP contribution is 2.22. The van der Waals surface area contributed by atoms with Crippen LogP contribution in [0.3, 0.4) is 0 Å². The van der Waals surface area contributed by atoms with E-state index in [4.69, 9.17) is 4.74 Å². The second-order valence-corrected chi connectivity index (χ2v) is 4.80. The monoisotopic (exact) mass is 242 g/mol. The van der Waals surface area contributed by atoms with E-state index in [2.05, 4.69) is 4.98 Å². The largest absolute Gasteiger partial charge is 0.468 e. The maximum absolute atomic E-state index is 11.5. The van der Waals surface area contributed by atoms with E-state index < -0.39 is 6.10 Å². The molecule has 2 rings (SSSR count). The van der Waals surface area contributed by atoms with Gasteiger partial charge in [-0.25, -0.2) is 0 Å². The number of β-amino-alcohol motifs (C(OH)–C–C–N with tert-alkyl or cyclic N) is 1. The smallest absolute Gasteiger partial charge is 0.323 e. The van der Waals surface area contributed by atoms with Gasteiger partial charge in [0.1, 0.15) is 6.04 Å². The number of ether oxygens (including phenoxy) is 1. The average Bonchev–Trinajstić information content (AvgIpc) is 2.88. The van der Waals surface area contributed by atoms with Gasteiger partial charge in [-0.15, -0.1) is 11.3 Å². The summed E-state index contributed by atoms with van der Waals surface area (Å²) in [5.41, 5.74) is 1.76. The Morgan fingerprint density at radius 1 is 1.81 bits per heavy atom. The zero-order chi connectivity index (χ0) is 11.5. The predicted molar refractivity (Wildman–Crippen MR) is 59.0 cm³/mol. The summed E-state index contributed by atoms with van der Waals surface area (Å²) in [6.07, 6.45) is 1.78. The van der Waals surface area contributed by atoms with E-state index in [1.807, 2.05) is 4.90 Å². The molecule has 6 heteroatoms. The van der Waals surface area contributed by atoms with E-state index >= 15 is 0 Å². The number of likely N-dealkylation sites (tertiary alicyclic amines) is 1. The van der Waals surface area contributed by atoms with Crippen molar-refractivity contribution in [3.63, 3.8) is 0 Å². The van der Waals surface area contributed by atoms with Crippen LogP contribution in [-0.4, -0.2) is 46.8 Å². The SMILES string of the molecule is COC(=O)[C@@H]1C[C@H](O)CN1Cc1cncs1. The Hall–Kier alpha value is -0.980. The summed E-state index contributed by atoms with van der Waals surface area (Å²) in [5.74, 6) is -0.277. The molecule has 0 unspecified atom stereocenters. The first-order chi connectivity index (χ1) is 7.70. The fourth-order valence-electron chi connectivity index (χ4n) is 1.96. The van der Waals surface area contributed by atoms with Gasteiger partial charge < -0.3 is 9.84 Å². The molecule has 0 saturated carbocycles. The predicted octanol–water partition coefficient (Wildman–Crippen LogP) is 0.251. The Morgan fingerprint density at radius 2 is 2.62 bits per heavy atom. The summed E-state index contributed by atoms with van der Waals surface area (Å²) < 4.78 is 4.73. The van der Waals surface area contributed by atoms with Crippen LogP contribution in [0.4, 0.5) is 0 Å². The average molecular weight is 242 g/mol. The number of aliphatic hydroxyl groups is 1. The summed E-state index contributed by atoms with van der Waals surface area (Å²) >= 11 is 1.55. The molecule has 2 heterocycles. The molecule has 1 aliphatic rings. The van der Waals surface area contributed by atoms with E-state index in [9.17, 15) is 9.90 Å². The molecule has 1 fully saturated rings. The highest BCUT2D eigenvalue weighted by molar-refractivity contribution is 7.09. The standard InChI is InChI=1S/C10H14N2O3S/c1-15-10(14)9-2-7(13)4-12(9)5-8-3-11-6-16-8/h3,6-7,9,13H,2,4-5H2,1H3/t7-,9-/m0/s1. The molecule has 1 aliphatic heterocycles. The minimum absolute atomic E-state index is 0.277. The van der Waals surface area contributed by atoms with Crippen molar-refractivity contribution < 1.29 is 14.6 Å². The minimum Gasteiger partial charge on any atom is -0.468 e. The quantitative estimate of drug-likeness (QED) is 0.770. The molecule has 2 atom stereocenters. The summed E-state index contributed by atoms with van der Waals surface area (Å²) in [6.45, 7) is 1.15. The summed E-state index contributed by atoms with van der Waals surface area (Å²) in [5, 5.41) is 9.58. The van der Waals surface area contributed by atoms with Crippen LogP contribution >= 0.6 is 11.3 Å². The van der Waals surface area contributed by atoms with Gasteiger partial charge in [-0.1, -0.05) is 0 Å². The van der Waals surface area contributed by atoms with Crippen molar-refractivity contribution in [2.45, 2.75) is 25.1 Å². The number of thiazole rings is 1. The van der Waals surface area contributed by atoms with Gasteiger partial charge in [0.15, 0.2) is 0 Å². The van der Waals surface area contributed by atoms with Gasteiger partial charge in [0.2, 0.25) is 0 Å². The maximum atomic E-state index is 11.5. The van der Waals surface area contributed by atoms with Crippen LogP contribution in [0.2, 0.25) is 0 Å². The number of hydrogen-bond acceptors (Lipinski definition) is 6. The normalized spacial score (nSPS) is 25.9. The fourth-order valence-corrected chi connectivity index (χ4v) is 2.57. The van der Waals surface area contributed by atoms with Crippen molar-refractivity contribution in [2.24, 2.45) is 0 Å². The number of nitrogens with zero attached hydrogens (tertiary/aromatic N) is 2. The summed E-state index contributed by atoms with van der Waals surface area (Å²) in [6, 6.07) is -0.331. The number of methoxy groups -OCH3 is 1. The lowest BCUT2D eigenvalue weighted by molar-refractivity contribution is -0.146. The maximum Gasteiger partial charge on any atom is 0.323 e. The Morgan fingerprint density at radius 3 is 3.25 bits per heavy atom. The molecule has 1 aromatic rings. The molecule has 0 aliphatic carbocycles. The van der Waals surface area contributed by atoms with E-state index in [-0.39, 0.29) is 12.0 Å². The van der Waals surface area contributed by atoms with Crippen LogP contribution in [-0.2, 0) is 16.1 Å². The van der Waals surface area contributed by atoms with Crippen molar-refractivity contribution in [1.82, 2.24) is 9.88 Å². The third kappa shape index (κ3) is 2.40. The molecule has 1 N–H and O–H groups in total. The lowest BCUT2D eigenvalue weighted by Gasteiger charge is -2.20. The highest BCUT2D eigenvalue weighted by atomic mass is 32.1. The Kier molecular flexibility index (Phi) is 3.52. The first-order valence-corrected chi connectivity index (χ1v) is 5.96. The molecule has 0 amide bonds. The van der Waals surface area contributed by atoms with Crippen molar-refractivity contribution in [2.75, 3.05) is 13.7 Å². The molecular formula is C10H14N2O3S. The molecule has 0 radical (unpaired) electrons. The summed E-state index contributed by atoms with van der Waals surface area (Å²) in [7, 11) is 1.37. The van der Waals surface area contributed by atoms with Crippen LogP contribution in [0.25, 0.3) is 0 Å². The molecular weight excluding hydrogens is 228 g/mol. The molecule has 88 valence electrons. The second kappa shape index (κ2) is 4.90. The van der Waals surface area contributed by atoms with Crippen molar-refractivity contribution in [3.05, 3.63) is 16.6 Å². The van der Waals surface area contributed by atoms with E-state index in [0.29, 0.717) is 19.5 Å². The highest BCUT2D eigenvalue weighted by Gasteiger charge is 2.36. The van der Waals surface area contributed by atoms with Gasteiger partial charge in [-0.3, -0.25) is 14.7 Å². The fraction of sp³-hybridized carbons (Fsp3) is 0.600. The Bertz CT molecular complexity index is 355. The van der Waals surface area contributed by atoms with Crippen LogP contribution < -0.4 is 0 Å². The Labute approximate surface area is 97.7 Å². The van der Waals surface area contributed by atoms with Gasteiger partial charge in [0.25, 0.3) is 0 Å². The van der Waals surface area contributed by atoms with Gasteiger partial charge in [0.05, 0.1) is 18.7 Å². The lowest BCUT2D eigenvalue weighted by atomic mass is 10.2. The Balaban J connectivity index is 2.04. The van der Waals surface area contributed by atoms with E-state index in [1.165, 1.54) is 7.11 Å². The van der Waals surface area contributed by atoms with E-state index in [1.54, 1.807) is 23.0 Å². The first-order valence-electron chi connectivity index (χ1n) is 5.08. The lowest BCUT2D eigenvalue weighted by Crippen LogP contribution is -2.36. The second-order valence-electron chi connectivity index (χ2n) is 3.83. The number of esters is 1. The van der Waals surface area contributed by atoms with Gasteiger partial charge in [0, 0.05) is 30.6 Å². The number of aliphatic hydroxyl groups excluding tert-OH is 1. The van der Waals surface area contributed by atoms with Crippen LogP contribution in [0.5, 0.6) is 0 Å². The first kappa shape index (κ1) is 11.5. The molecule has 0 bridgehead atoms. The third-order valence-corrected chi connectivity index (χ3v) is 3.46. The van der Waals surface area contributed by atoms with E-state index in [0.717, 1.165) is 4.88 Å². The van der Waals surface area contributed by atoms with Crippen LogP contribution in [0.1, 0.15) is 11.3 Å². The molecule has 16 heavy (non-hydrogen) atoms. The number of carbonyl (C=O) groups is 1. The number of aromatic nitrogens is 1. The molecule has 1 aromatic heterocycles. The third-order valence-electron chi connectivity index (χ3n) is 2.70. The van der Waals surface area contributed by atoms with Crippen LogP contribution in [0.15, 0.2) is 11.7 Å². The number of rotatable bonds is 3. The number of carbonyl (C=O) groups excluding carboxylic acids is 1. The molecule has 0 aromatic carbocycles. The minimum atomic E-state index is -0.447. The molecule has 5 nitrogen and oxygen atoms in total. The van der Waals surface area contributed by atoms with Gasteiger partial charge in [-0.2, -0.15) is 0 Å². The zero-order valence-electron chi connectivity index (χ0n) is 9.00. The van der Waals surface area contributed by atoms with Crippen LogP contribution in [0, 0.1) is 0 Å². The molecule has 0 spiro atoms. The molecule has 1 saturated heterocycles. The van der Waals surface area contributed by atoms with Crippen molar-refractivity contribution >= 4 is 17.3 Å². The van der Waals surface area contributed by atoms with Gasteiger partial charge in [-0.05, 0) is 0 Å². The van der Waals surface area contributed by atoms with Crippen molar-refractivity contribution in [1.29, 1.82) is 0 Å². The summed E-state index contributed by atoms with van der Waals surface area (Å²) in [4.78, 5) is 18.5. The zero-order valence-corrected chi connectivity index (χ0v) is 9.81.